The van der Waals surface area contributed by atoms with Gasteiger partial charge in [-0.1, -0.05) is 11.6 Å². The first-order chi connectivity index (χ1) is 19.8. The number of aliphatic hydroxyl groups is 1. The van der Waals surface area contributed by atoms with Gasteiger partial charge < -0.3 is 25.6 Å². The fraction of sp³-hybridized carbons (Fsp3) is 0.321. The summed E-state index contributed by atoms with van der Waals surface area (Å²) in [5.41, 5.74) is -1.97. The van der Waals surface area contributed by atoms with Crippen LogP contribution in [-0.2, 0) is 17.5 Å². The summed E-state index contributed by atoms with van der Waals surface area (Å²) in [5, 5.41) is 17.8. The highest BCUT2D eigenvalue weighted by Gasteiger charge is 2.36. The maximum absolute atomic E-state index is 14.2. The summed E-state index contributed by atoms with van der Waals surface area (Å²) in [7, 11) is 0. The van der Waals surface area contributed by atoms with Crippen molar-refractivity contribution in [3.63, 3.8) is 0 Å². The predicted octanol–water partition coefficient (Wildman–Crippen LogP) is 4.94. The predicted molar refractivity (Wildman–Crippen MR) is 141 cm³/mol. The summed E-state index contributed by atoms with van der Waals surface area (Å²) >= 11 is 6.32. The molecule has 42 heavy (non-hydrogen) atoms. The smallest absolute Gasteiger partial charge is 0.393 e. The molecule has 222 valence electrons. The second-order valence-electron chi connectivity index (χ2n) is 10.2. The van der Waals surface area contributed by atoms with Crippen LogP contribution in [0.15, 0.2) is 42.5 Å². The first-order valence-electron chi connectivity index (χ1n) is 13.0. The molecule has 5 rings (SSSR count). The maximum atomic E-state index is 14.2. The standard InChI is InChI=1S/C28H24ClF5N4O4/c29-20-6-1-15(30)10-19(20)24-25-21(36-26(41)13-7-14(28(32,33)34)9-16(31)8-13)11-22(38(25)12-23(40)37-24)27(42)35-17-2-4-18(39)5-3-17/h1,6-11,17-18,24,39H,2-5,12H2,(H,35,42)(H,36,41)(H,37,40). The third-order valence-electron chi connectivity index (χ3n) is 7.29. The number of benzene rings is 2. The quantitative estimate of drug-likeness (QED) is 0.307. The number of nitrogens with one attached hydrogen (secondary N) is 3. The lowest BCUT2D eigenvalue weighted by Gasteiger charge is -2.30. The third kappa shape index (κ3) is 6.12. The minimum absolute atomic E-state index is 0.0559. The first-order valence-corrected chi connectivity index (χ1v) is 13.3. The van der Waals surface area contributed by atoms with Crippen LogP contribution in [-0.4, -0.2) is 39.5 Å². The Bertz CT molecular complexity index is 1570. The molecular weight excluding hydrogens is 587 g/mol. The number of anilines is 1. The normalized spacial score (nSPS) is 20.5. The number of carbonyl (C=O) groups is 3. The summed E-state index contributed by atoms with van der Waals surface area (Å²) in [6.07, 6.45) is -3.41. The minimum Gasteiger partial charge on any atom is -0.393 e. The number of nitrogens with zero attached hydrogens (tertiary/aromatic N) is 1. The zero-order valence-corrected chi connectivity index (χ0v) is 22.5. The van der Waals surface area contributed by atoms with Crippen molar-refractivity contribution in [2.45, 2.75) is 56.6 Å². The number of carbonyl (C=O) groups excluding carboxylic acids is 3. The number of rotatable bonds is 5. The van der Waals surface area contributed by atoms with Crippen LogP contribution < -0.4 is 16.0 Å². The summed E-state index contributed by atoms with van der Waals surface area (Å²) < 4.78 is 69.4. The molecule has 1 fully saturated rings. The van der Waals surface area contributed by atoms with E-state index in [1.54, 1.807) is 0 Å². The van der Waals surface area contributed by atoms with Crippen molar-refractivity contribution in [2.75, 3.05) is 5.32 Å². The van der Waals surface area contributed by atoms with Crippen LogP contribution in [0.5, 0.6) is 0 Å². The molecule has 4 N–H and O–H groups in total. The molecule has 0 saturated heterocycles. The van der Waals surface area contributed by atoms with Crippen molar-refractivity contribution in [1.29, 1.82) is 0 Å². The molecule has 3 amide bonds. The molecule has 2 aromatic carbocycles. The highest BCUT2D eigenvalue weighted by molar-refractivity contribution is 6.31. The van der Waals surface area contributed by atoms with Crippen molar-refractivity contribution >= 4 is 35.0 Å². The molecule has 1 unspecified atom stereocenters. The molecule has 14 heteroatoms. The summed E-state index contributed by atoms with van der Waals surface area (Å²) in [5.74, 6) is -4.27. The van der Waals surface area contributed by atoms with Gasteiger partial charge in [0.15, 0.2) is 0 Å². The lowest BCUT2D eigenvalue weighted by Crippen LogP contribution is -2.43. The zero-order valence-electron chi connectivity index (χ0n) is 21.7. The molecule has 3 aromatic rings. The van der Waals surface area contributed by atoms with Gasteiger partial charge in [-0.15, -0.1) is 0 Å². The Kier molecular flexibility index (Phi) is 7.99. The van der Waals surface area contributed by atoms with Crippen LogP contribution in [0.3, 0.4) is 0 Å². The van der Waals surface area contributed by atoms with Gasteiger partial charge in [0.05, 0.1) is 29.1 Å². The molecule has 1 aromatic heterocycles. The van der Waals surface area contributed by atoms with Gasteiger partial charge in [0, 0.05) is 22.2 Å². The fourth-order valence-corrected chi connectivity index (χ4v) is 5.50. The highest BCUT2D eigenvalue weighted by atomic mass is 35.5. The second kappa shape index (κ2) is 11.4. The van der Waals surface area contributed by atoms with Crippen LogP contribution in [0.4, 0.5) is 27.6 Å². The van der Waals surface area contributed by atoms with E-state index in [9.17, 15) is 41.4 Å². The van der Waals surface area contributed by atoms with E-state index in [1.165, 1.54) is 16.7 Å². The van der Waals surface area contributed by atoms with Gasteiger partial charge in [0.1, 0.15) is 23.9 Å². The molecule has 1 aliphatic carbocycles. The Morgan fingerprint density at radius 3 is 2.38 bits per heavy atom. The highest BCUT2D eigenvalue weighted by Crippen LogP contribution is 2.38. The van der Waals surface area contributed by atoms with Crippen molar-refractivity contribution in [3.8, 4) is 0 Å². The molecule has 0 spiro atoms. The van der Waals surface area contributed by atoms with Crippen molar-refractivity contribution < 1.29 is 41.4 Å². The van der Waals surface area contributed by atoms with E-state index < -0.39 is 58.8 Å². The lowest BCUT2D eigenvalue weighted by molar-refractivity contribution is -0.137. The number of hydrogen-bond donors (Lipinski definition) is 4. The van der Waals surface area contributed by atoms with E-state index in [-0.39, 0.29) is 46.3 Å². The second-order valence-corrected chi connectivity index (χ2v) is 10.6. The van der Waals surface area contributed by atoms with Crippen molar-refractivity contribution in [2.24, 2.45) is 0 Å². The van der Waals surface area contributed by atoms with Crippen molar-refractivity contribution in [3.05, 3.63) is 87.2 Å². The van der Waals surface area contributed by atoms with Crippen LogP contribution in [0.2, 0.25) is 5.02 Å². The lowest BCUT2D eigenvalue weighted by atomic mass is 9.93. The molecule has 0 bridgehead atoms. The van der Waals surface area contributed by atoms with Gasteiger partial charge >= 0.3 is 6.18 Å². The minimum atomic E-state index is -4.92. The number of hydrogen-bond acceptors (Lipinski definition) is 4. The molecule has 0 radical (unpaired) electrons. The Balaban J connectivity index is 1.57. The molecule has 1 atom stereocenters. The average molecular weight is 611 g/mol. The number of amides is 3. The van der Waals surface area contributed by atoms with Crippen LogP contribution in [0, 0.1) is 11.6 Å². The molecule has 8 nitrogen and oxygen atoms in total. The van der Waals surface area contributed by atoms with Gasteiger partial charge in [0.2, 0.25) is 5.91 Å². The summed E-state index contributed by atoms with van der Waals surface area (Å²) in [6.45, 7) is -0.376. The average Bonchev–Trinajstić information content (AvgIpc) is 3.28. The van der Waals surface area contributed by atoms with Crippen molar-refractivity contribution in [1.82, 2.24) is 15.2 Å². The maximum Gasteiger partial charge on any atom is 0.416 e. The summed E-state index contributed by atoms with van der Waals surface area (Å²) in [6, 6.07) is 4.58. The largest absolute Gasteiger partial charge is 0.416 e. The monoisotopic (exact) mass is 610 g/mol. The van der Waals surface area contributed by atoms with Crippen LogP contribution in [0.1, 0.15) is 69.4 Å². The summed E-state index contributed by atoms with van der Waals surface area (Å²) in [4.78, 5) is 39.3. The van der Waals surface area contributed by atoms with E-state index in [2.05, 4.69) is 16.0 Å². The third-order valence-corrected chi connectivity index (χ3v) is 7.63. The van der Waals surface area contributed by atoms with Gasteiger partial charge in [-0.2, -0.15) is 13.2 Å². The first kappa shape index (κ1) is 29.5. The molecule has 1 aliphatic heterocycles. The van der Waals surface area contributed by atoms with E-state index in [0.717, 1.165) is 12.1 Å². The van der Waals surface area contributed by atoms with Gasteiger partial charge in [0.25, 0.3) is 11.8 Å². The number of fused-ring (bicyclic) bond motifs is 1. The Labute approximate surface area is 240 Å². The van der Waals surface area contributed by atoms with Crippen LogP contribution >= 0.6 is 11.6 Å². The SMILES string of the molecule is O=C1Cn2c(C(=O)NC3CCC(O)CC3)cc(NC(=O)c3cc(F)cc(C(F)(F)F)c3)c2C(c2cc(F)ccc2Cl)N1. The molecule has 2 heterocycles. The van der Waals surface area contributed by atoms with E-state index in [4.69, 9.17) is 11.6 Å². The van der Waals surface area contributed by atoms with E-state index in [0.29, 0.717) is 37.8 Å². The number of halogens is 6. The Morgan fingerprint density at radius 1 is 0.976 bits per heavy atom. The Hall–Kier alpha value is -3.97. The van der Waals surface area contributed by atoms with Gasteiger partial charge in [-0.05, 0) is 68.1 Å². The molecule has 1 saturated carbocycles. The molecule has 2 aliphatic rings. The van der Waals surface area contributed by atoms with Gasteiger partial charge in [-0.25, -0.2) is 8.78 Å². The zero-order chi connectivity index (χ0) is 30.3. The van der Waals surface area contributed by atoms with E-state index in [1.807, 2.05) is 0 Å². The topological polar surface area (TPSA) is 112 Å². The molecular formula is C28H24ClF5N4O4. The number of aliphatic hydroxyl groups excluding tert-OH is 1. The van der Waals surface area contributed by atoms with Gasteiger partial charge in [-0.3, -0.25) is 14.4 Å². The van der Waals surface area contributed by atoms with E-state index >= 15 is 0 Å². The van der Waals surface area contributed by atoms with Crippen LogP contribution in [0.25, 0.3) is 0 Å². The Morgan fingerprint density at radius 2 is 1.69 bits per heavy atom. The number of alkyl halides is 3. The number of aromatic nitrogens is 1. The fourth-order valence-electron chi connectivity index (χ4n) is 5.27.